The van der Waals surface area contributed by atoms with Crippen LogP contribution in [-0.2, 0) is 6.54 Å². The van der Waals surface area contributed by atoms with Crippen molar-refractivity contribution in [3.63, 3.8) is 0 Å². The molecular weight excluding hydrogens is 236 g/mol. The minimum atomic E-state index is 0.346. The number of hydrogen-bond donors (Lipinski definition) is 1. The van der Waals surface area contributed by atoms with Crippen LogP contribution in [0, 0.1) is 18.8 Å². The first-order valence-electron chi connectivity index (χ1n) is 7.36. The number of nitrogens with one attached hydrogen (secondary N) is 1. The second kappa shape index (κ2) is 6.38. The molecule has 3 nitrogen and oxygen atoms in total. The fourth-order valence-corrected chi connectivity index (χ4v) is 3.15. The summed E-state index contributed by atoms with van der Waals surface area (Å²) in [5.41, 5.74) is 2.07. The van der Waals surface area contributed by atoms with Gasteiger partial charge in [-0.2, -0.15) is 0 Å². The summed E-state index contributed by atoms with van der Waals surface area (Å²) in [7, 11) is 1.94. The number of ether oxygens (including phenoxy) is 1. The van der Waals surface area contributed by atoms with Gasteiger partial charge >= 0.3 is 0 Å². The summed E-state index contributed by atoms with van der Waals surface area (Å²) >= 11 is 0. The van der Waals surface area contributed by atoms with E-state index >= 15 is 0 Å². The van der Waals surface area contributed by atoms with Crippen LogP contribution in [0.15, 0.2) is 12.1 Å². The molecule has 1 aliphatic carbocycles. The summed E-state index contributed by atoms with van der Waals surface area (Å²) in [5.74, 6) is 2.48. The molecule has 2 unspecified atom stereocenters. The van der Waals surface area contributed by atoms with Gasteiger partial charge in [0.15, 0.2) is 0 Å². The van der Waals surface area contributed by atoms with E-state index in [4.69, 9.17) is 4.74 Å². The van der Waals surface area contributed by atoms with Crippen molar-refractivity contribution < 1.29 is 4.74 Å². The molecule has 1 aromatic rings. The van der Waals surface area contributed by atoms with Crippen LogP contribution < -0.4 is 10.1 Å². The molecule has 0 aliphatic heterocycles. The number of rotatable bonds is 4. The zero-order chi connectivity index (χ0) is 13.8. The van der Waals surface area contributed by atoms with E-state index < -0.39 is 0 Å². The van der Waals surface area contributed by atoms with E-state index in [1.807, 2.05) is 20.0 Å². The van der Waals surface area contributed by atoms with Gasteiger partial charge in [-0.3, -0.25) is 4.98 Å². The quantitative estimate of drug-likeness (QED) is 0.904. The van der Waals surface area contributed by atoms with E-state index in [1.165, 1.54) is 6.42 Å². The minimum Gasteiger partial charge on any atom is -0.488 e. The van der Waals surface area contributed by atoms with Gasteiger partial charge in [-0.15, -0.1) is 0 Å². The van der Waals surface area contributed by atoms with Crippen LogP contribution >= 0.6 is 0 Å². The van der Waals surface area contributed by atoms with Crippen molar-refractivity contribution in [1.29, 1.82) is 0 Å². The Bertz CT molecular complexity index is 409. The summed E-state index contributed by atoms with van der Waals surface area (Å²) in [4.78, 5) is 4.58. The standard InChI is InChI=1S/C16H26N2O/c1-11-7-12(2)9-14(8-11)19-16-6-5-13(3)18-15(16)10-17-4/h5-6,11-12,14,17H,7-10H2,1-4H3. The Balaban J connectivity index is 2.09. The Morgan fingerprint density at radius 3 is 2.53 bits per heavy atom. The SMILES string of the molecule is CNCc1nc(C)ccc1OC1CC(C)CC(C)C1. The van der Waals surface area contributed by atoms with E-state index in [0.29, 0.717) is 6.10 Å². The van der Waals surface area contributed by atoms with Crippen molar-refractivity contribution in [2.24, 2.45) is 11.8 Å². The third kappa shape index (κ3) is 3.93. The van der Waals surface area contributed by atoms with Crippen LogP contribution in [0.5, 0.6) is 5.75 Å². The zero-order valence-corrected chi connectivity index (χ0v) is 12.6. The Labute approximate surface area is 116 Å². The van der Waals surface area contributed by atoms with Gasteiger partial charge in [0.25, 0.3) is 0 Å². The average Bonchev–Trinajstić information content (AvgIpc) is 2.32. The van der Waals surface area contributed by atoms with E-state index in [9.17, 15) is 0 Å². The van der Waals surface area contributed by atoms with Crippen LogP contribution in [0.2, 0.25) is 0 Å². The highest BCUT2D eigenvalue weighted by molar-refractivity contribution is 5.29. The highest BCUT2D eigenvalue weighted by Gasteiger charge is 2.25. The lowest BCUT2D eigenvalue weighted by Gasteiger charge is -2.32. The van der Waals surface area contributed by atoms with Gasteiger partial charge in [-0.1, -0.05) is 13.8 Å². The summed E-state index contributed by atoms with van der Waals surface area (Å²) in [6, 6.07) is 4.10. The monoisotopic (exact) mass is 262 g/mol. The molecule has 1 aromatic heterocycles. The zero-order valence-electron chi connectivity index (χ0n) is 12.6. The largest absolute Gasteiger partial charge is 0.488 e. The molecule has 2 atom stereocenters. The van der Waals surface area contributed by atoms with Crippen molar-refractivity contribution in [2.45, 2.75) is 52.7 Å². The molecule has 0 amide bonds. The molecule has 1 aliphatic rings. The van der Waals surface area contributed by atoms with E-state index in [1.54, 1.807) is 0 Å². The van der Waals surface area contributed by atoms with Crippen molar-refractivity contribution in [3.8, 4) is 5.75 Å². The minimum absolute atomic E-state index is 0.346. The Kier molecular flexibility index (Phi) is 4.81. The first kappa shape index (κ1) is 14.3. The lowest BCUT2D eigenvalue weighted by atomic mass is 9.82. The lowest BCUT2D eigenvalue weighted by Crippen LogP contribution is -2.29. The van der Waals surface area contributed by atoms with Gasteiger partial charge in [0, 0.05) is 12.2 Å². The summed E-state index contributed by atoms with van der Waals surface area (Å²) in [6.07, 6.45) is 4.00. The third-order valence-electron chi connectivity index (χ3n) is 3.84. The Morgan fingerprint density at radius 2 is 1.89 bits per heavy atom. The molecule has 0 radical (unpaired) electrons. The second-order valence-electron chi connectivity index (χ2n) is 6.09. The molecule has 0 spiro atoms. The van der Waals surface area contributed by atoms with Gasteiger partial charge in [-0.25, -0.2) is 0 Å². The van der Waals surface area contributed by atoms with Crippen LogP contribution in [-0.4, -0.2) is 18.1 Å². The molecule has 1 fully saturated rings. The first-order valence-corrected chi connectivity index (χ1v) is 7.36. The van der Waals surface area contributed by atoms with Gasteiger partial charge < -0.3 is 10.1 Å². The highest BCUT2D eigenvalue weighted by Crippen LogP contribution is 2.32. The molecule has 1 heterocycles. The topological polar surface area (TPSA) is 34.2 Å². The van der Waals surface area contributed by atoms with Crippen LogP contribution in [0.4, 0.5) is 0 Å². The second-order valence-corrected chi connectivity index (χ2v) is 6.09. The summed E-state index contributed by atoms with van der Waals surface area (Å²) in [6.45, 7) is 7.43. The van der Waals surface area contributed by atoms with Crippen LogP contribution in [0.25, 0.3) is 0 Å². The lowest BCUT2D eigenvalue weighted by molar-refractivity contribution is 0.0994. The maximum absolute atomic E-state index is 6.23. The van der Waals surface area contributed by atoms with Crippen LogP contribution in [0.3, 0.4) is 0 Å². The molecule has 0 bridgehead atoms. The molecule has 0 aromatic carbocycles. The Hall–Kier alpha value is -1.09. The molecule has 1 saturated carbocycles. The normalized spacial score (nSPS) is 27.3. The number of pyridine rings is 1. The Morgan fingerprint density at radius 1 is 1.21 bits per heavy atom. The molecule has 0 saturated heterocycles. The molecule has 106 valence electrons. The third-order valence-corrected chi connectivity index (χ3v) is 3.84. The number of hydrogen-bond acceptors (Lipinski definition) is 3. The maximum Gasteiger partial charge on any atom is 0.142 e. The van der Waals surface area contributed by atoms with E-state index in [2.05, 4.69) is 30.2 Å². The predicted molar refractivity (Wildman–Crippen MR) is 78.3 cm³/mol. The van der Waals surface area contributed by atoms with E-state index in [0.717, 1.165) is 48.4 Å². The predicted octanol–water partition coefficient (Wildman–Crippen LogP) is 3.31. The average molecular weight is 262 g/mol. The van der Waals surface area contributed by atoms with Crippen molar-refractivity contribution in [2.75, 3.05) is 7.05 Å². The highest BCUT2D eigenvalue weighted by atomic mass is 16.5. The molecule has 1 N–H and O–H groups in total. The number of aryl methyl sites for hydroxylation is 1. The fraction of sp³-hybridized carbons (Fsp3) is 0.688. The van der Waals surface area contributed by atoms with Crippen LogP contribution in [0.1, 0.15) is 44.5 Å². The van der Waals surface area contributed by atoms with Gasteiger partial charge in [-0.05, 0) is 57.2 Å². The molecule has 19 heavy (non-hydrogen) atoms. The number of aromatic nitrogens is 1. The first-order chi connectivity index (χ1) is 9.08. The molecular formula is C16H26N2O. The van der Waals surface area contributed by atoms with Gasteiger partial charge in [0.1, 0.15) is 5.75 Å². The summed E-state index contributed by atoms with van der Waals surface area (Å²) in [5, 5.41) is 3.16. The van der Waals surface area contributed by atoms with Gasteiger partial charge in [0.05, 0.1) is 11.8 Å². The smallest absolute Gasteiger partial charge is 0.142 e. The molecule has 3 heteroatoms. The maximum atomic E-state index is 6.23. The van der Waals surface area contributed by atoms with E-state index in [-0.39, 0.29) is 0 Å². The van der Waals surface area contributed by atoms with Gasteiger partial charge in [0.2, 0.25) is 0 Å². The van der Waals surface area contributed by atoms with Crippen molar-refractivity contribution in [3.05, 3.63) is 23.5 Å². The fourth-order valence-electron chi connectivity index (χ4n) is 3.15. The van der Waals surface area contributed by atoms with Crippen molar-refractivity contribution in [1.82, 2.24) is 10.3 Å². The number of nitrogens with zero attached hydrogens (tertiary/aromatic N) is 1. The summed E-state index contributed by atoms with van der Waals surface area (Å²) < 4.78 is 6.23. The van der Waals surface area contributed by atoms with Crippen molar-refractivity contribution >= 4 is 0 Å². The molecule has 2 rings (SSSR count).